The molecule has 1 aromatic rings. The molecule has 0 aliphatic carbocycles. The van der Waals surface area contributed by atoms with Crippen molar-refractivity contribution in [2.24, 2.45) is 0 Å². The van der Waals surface area contributed by atoms with Gasteiger partial charge in [-0.3, -0.25) is 4.79 Å². The molecule has 21 heavy (non-hydrogen) atoms. The number of halogens is 2. The number of hydrogen-bond donors (Lipinski definition) is 2. The minimum atomic E-state index is -4.05. The molecule has 0 radical (unpaired) electrons. The number of benzene rings is 1. The predicted octanol–water partition coefficient (Wildman–Crippen LogP) is 1.27. The van der Waals surface area contributed by atoms with Crippen molar-refractivity contribution in [2.75, 3.05) is 13.6 Å². The topological polar surface area (TPSA) is 86.7 Å². The summed E-state index contributed by atoms with van der Waals surface area (Å²) < 4.78 is 53.9. The molecule has 0 saturated carbocycles. The summed E-state index contributed by atoms with van der Waals surface area (Å²) in [4.78, 5) is 10.4. The van der Waals surface area contributed by atoms with E-state index < -0.39 is 39.4 Å². The van der Waals surface area contributed by atoms with Crippen LogP contribution in [0.4, 0.5) is 8.78 Å². The van der Waals surface area contributed by atoms with E-state index in [-0.39, 0.29) is 13.0 Å². The van der Waals surface area contributed by atoms with Crippen molar-refractivity contribution in [1.29, 1.82) is 0 Å². The van der Waals surface area contributed by atoms with Crippen LogP contribution in [0.2, 0.25) is 0 Å². The van der Waals surface area contributed by atoms with Crippen molar-refractivity contribution in [1.82, 2.24) is 9.03 Å². The van der Waals surface area contributed by atoms with Gasteiger partial charge in [0.2, 0.25) is 0 Å². The molecule has 0 fully saturated rings. The molecule has 0 amide bonds. The number of rotatable bonds is 7. The van der Waals surface area contributed by atoms with Crippen LogP contribution >= 0.6 is 0 Å². The van der Waals surface area contributed by atoms with Crippen molar-refractivity contribution in [3.8, 4) is 0 Å². The normalized spacial score (nSPS) is 13.4. The molecule has 0 saturated heterocycles. The Hall–Kier alpha value is -1.58. The zero-order chi connectivity index (χ0) is 16.2. The van der Waals surface area contributed by atoms with E-state index in [1.165, 1.54) is 20.0 Å². The lowest BCUT2D eigenvalue weighted by Gasteiger charge is -2.21. The number of aliphatic carboxylic acids is 1. The lowest BCUT2D eigenvalue weighted by Crippen LogP contribution is -2.40. The highest BCUT2D eigenvalue weighted by atomic mass is 32.2. The van der Waals surface area contributed by atoms with E-state index >= 15 is 0 Å². The monoisotopic (exact) mass is 322 g/mol. The maximum absolute atomic E-state index is 13.6. The number of hydrogen-bond acceptors (Lipinski definition) is 3. The van der Waals surface area contributed by atoms with Crippen LogP contribution in [-0.2, 0) is 15.0 Å². The molecule has 0 aromatic heterocycles. The average Bonchev–Trinajstić information content (AvgIpc) is 2.34. The van der Waals surface area contributed by atoms with Crippen LogP contribution in [0.15, 0.2) is 18.2 Å². The second-order valence-electron chi connectivity index (χ2n) is 4.45. The Morgan fingerprint density at radius 1 is 1.38 bits per heavy atom. The smallest absolute Gasteiger partial charge is 0.304 e. The highest BCUT2D eigenvalue weighted by molar-refractivity contribution is 7.87. The lowest BCUT2D eigenvalue weighted by atomic mass is 10.1. The van der Waals surface area contributed by atoms with E-state index in [0.717, 1.165) is 16.4 Å². The van der Waals surface area contributed by atoms with Gasteiger partial charge in [0.1, 0.15) is 11.6 Å². The van der Waals surface area contributed by atoms with Crippen LogP contribution in [0.3, 0.4) is 0 Å². The minimum Gasteiger partial charge on any atom is -0.481 e. The summed E-state index contributed by atoms with van der Waals surface area (Å²) in [5.74, 6) is -2.87. The lowest BCUT2D eigenvalue weighted by molar-refractivity contribution is -0.137. The molecular weight excluding hydrogens is 306 g/mol. The van der Waals surface area contributed by atoms with E-state index in [4.69, 9.17) is 5.11 Å². The first kappa shape index (κ1) is 17.5. The van der Waals surface area contributed by atoms with Crippen molar-refractivity contribution in [3.63, 3.8) is 0 Å². The Labute approximate surface area is 121 Å². The van der Waals surface area contributed by atoms with Gasteiger partial charge in [-0.2, -0.15) is 17.4 Å². The quantitative estimate of drug-likeness (QED) is 0.791. The standard InChI is InChI=1S/C12H16F2N2O4S/c1-8(12-9(13)4-3-5-10(12)14)15-21(19,20)16(2)7-6-11(17)18/h3-5,8,15H,6-7H2,1-2H3,(H,17,18). The highest BCUT2D eigenvalue weighted by Gasteiger charge is 2.24. The fourth-order valence-electron chi connectivity index (χ4n) is 1.67. The maximum Gasteiger partial charge on any atom is 0.304 e. The van der Waals surface area contributed by atoms with Gasteiger partial charge in [0, 0.05) is 19.2 Å². The summed E-state index contributed by atoms with van der Waals surface area (Å²) in [7, 11) is -2.87. The number of carboxylic acids is 1. The molecule has 0 aliphatic heterocycles. The van der Waals surface area contributed by atoms with Gasteiger partial charge < -0.3 is 5.11 Å². The van der Waals surface area contributed by atoms with E-state index in [2.05, 4.69) is 4.72 Å². The zero-order valence-corrected chi connectivity index (χ0v) is 12.3. The van der Waals surface area contributed by atoms with E-state index in [9.17, 15) is 22.0 Å². The Balaban J connectivity index is 2.86. The fraction of sp³-hybridized carbons (Fsp3) is 0.417. The fourth-order valence-corrected chi connectivity index (χ4v) is 2.75. The third-order valence-electron chi connectivity index (χ3n) is 2.81. The maximum atomic E-state index is 13.6. The summed E-state index contributed by atoms with van der Waals surface area (Å²) in [6.07, 6.45) is -0.375. The first-order valence-electron chi connectivity index (χ1n) is 6.04. The summed E-state index contributed by atoms with van der Waals surface area (Å²) in [5.41, 5.74) is -0.396. The van der Waals surface area contributed by atoms with Gasteiger partial charge >= 0.3 is 5.97 Å². The highest BCUT2D eigenvalue weighted by Crippen LogP contribution is 2.21. The predicted molar refractivity (Wildman–Crippen MR) is 71.7 cm³/mol. The van der Waals surface area contributed by atoms with Gasteiger partial charge in [0.05, 0.1) is 12.5 Å². The van der Waals surface area contributed by atoms with Gasteiger partial charge in [-0.05, 0) is 19.1 Å². The Morgan fingerprint density at radius 2 is 1.90 bits per heavy atom. The van der Waals surface area contributed by atoms with E-state index in [1.54, 1.807) is 0 Å². The van der Waals surface area contributed by atoms with Gasteiger partial charge in [-0.1, -0.05) is 6.07 Å². The molecule has 118 valence electrons. The van der Waals surface area contributed by atoms with Crippen LogP contribution < -0.4 is 4.72 Å². The van der Waals surface area contributed by atoms with Gasteiger partial charge in [0.25, 0.3) is 10.2 Å². The van der Waals surface area contributed by atoms with Crippen LogP contribution in [0.1, 0.15) is 24.9 Å². The summed E-state index contributed by atoms with van der Waals surface area (Å²) in [5, 5.41) is 8.52. The molecule has 1 rings (SSSR count). The number of carbonyl (C=O) groups is 1. The van der Waals surface area contributed by atoms with E-state index in [1.807, 2.05) is 0 Å². The van der Waals surface area contributed by atoms with Gasteiger partial charge in [-0.15, -0.1) is 0 Å². The molecule has 6 nitrogen and oxygen atoms in total. The Bertz CT molecular complexity index is 601. The van der Waals surface area contributed by atoms with Crippen molar-refractivity contribution in [3.05, 3.63) is 35.4 Å². The summed E-state index contributed by atoms with van der Waals surface area (Å²) in [6.45, 7) is 1.04. The number of nitrogens with one attached hydrogen (secondary N) is 1. The van der Waals surface area contributed by atoms with Crippen LogP contribution in [0.5, 0.6) is 0 Å². The molecule has 9 heteroatoms. The molecule has 0 bridgehead atoms. The molecule has 0 aliphatic rings. The first-order chi connectivity index (χ1) is 9.65. The largest absolute Gasteiger partial charge is 0.481 e. The third-order valence-corrected chi connectivity index (χ3v) is 4.46. The second-order valence-corrected chi connectivity index (χ2v) is 6.25. The molecule has 1 atom stereocenters. The van der Waals surface area contributed by atoms with E-state index in [0.29, 0.717) is 0 Å². The van der Waals surface area contributed by atoms with Crippen LogP contribution in [0, 0.1) is 11.6 Å². The molecule has 2 N–H and O–H groups in total. The SMILES string of the molecule is CC(NS(=O)(=O)N(C)CCC(=O)O)c1c(F)cccc1F. The van der Waals surface area contributed by atoms with Crippen molar-refractivity contribution >= 4 is 16.2 Å². The summed E-state index contributed by atoms with van der Waals surface area (Å²) >= 11 is 0. The zero-order valence-electron chi connectivity index (χ0n) is 11.5. The molecular formula is C12H16F2N2O4S. The number of carboxylic acid groups (broad SMARTS) is 1. The number of nitrogens with zero attached hydrogens (tertiary/aromatic N) is 1. The molecule has 1 aromatic carbocycles. The van der Waals surface area contributed by atoms with Crippen LogP contribution in [-0.4, -0.2) is 37.4 Å². The van der Waals surface area contributed by atoms with Crippen LogP contribution in [0.25, 0.3) is 0 Å². The van der Waals surface area contributed by atoms with Crippen molar-refractivity contribution < 1.29 is 27.1 Å². The van der Waals surface area contributed by atoms with Gasteiger partial charge in [0.15, 0.2) is 0 Å². The summed E-state index contributed by atoms with van der Waals surface area (Å²) in [6, 6.07) is 2.09. The molecule has 1 unspecified atom stereocenters. The second kappa shape index (κ2) is 6.92. The van der Waals surface area contributed by atoms with Gasteiger partial charge in [-0.25, -0.2) is 8.78 Å². The molecule has 0 heterocycles. The minimum absolute atomic E-state index is 0.253. The average molecular weight is 322 g/mol. The van der Waals surface area contributed by atoms with Crippen molar-refractivity contribution in [2.45, 2.75) is 19.4 Å². The Morgan fingerprint density at radius 3 is 2.38 bits per heavy atom. The third kappa shape index (κ3) is 4.73. The Kier molecular flexibility index (Phi) is 5.76. The molecule has 0 spiro atoms. The first-order valence-corrected chi connectivity index (χ1v) is 7.48.